The van der Waals surface area contributed by atoms with Crippen molar-refractivity contribution in [3.05, 3.63) is 0 Å². The summed E-state index contributed by atoms with van der Waals surface area (Å²) in [4.78, 5) is 30.9. The van der Waals surface area contributed by atoms with E-state index in [2.05, 4.69) is 10.2 Å². The number of aliphatic hydroxyl groups excluding tert-OH is 1. The molecule has 3 saturated heterocycles. The largest absolute Gasteiger partial charge is 0.459 e. The van der Waals surface area contributed by atoms with E-state index in [0.29, 0.717) is 51.8 Å². The highest BCUT2D eigenvalue weighted by Crippen LogP contribution is 2.40. The molecular formula is C46H87N3O12. The van der Waals surface area contributed by atoms with Gasteiger partial charge in [-0.25, -0.2) is 0 Å². The van der Waals surface area contributed by atoms with Crippen LogP contribution in [0.3, 0.4) is 0 Å². The second kappa shape index (κ2) is 23.1. The van der Waals surface area contributed by atoms with Crippen LogP contribution in [0.1, 0.15) is 128 Å². The molecule has 1 amide bonds. The van der Waals surface area contributed by atoms with Crippen molar-refractivity contribution in [2.75, 3.05) is 47.9 Å². The Kier molecular flexibility index (Phi) is 20.4. The normalized spacial score (nSPS) is 42.8. The van der Waals surface area contributed by atoms with Crippen LogP contribution in [0.15, 0.2) is 0 Å². The standard InChI is InChI=1S/C46H87N3O12/c1-17-35-46(12,54)40(51)33(9)49(15)26-28(4)23-45(11,53)41(31(7)38(32(8)42(52)59-35)60-37-25-44(10,55-16)24-30(6)57-37)61-43-39(34(48(13)14)22-29(5)58-43)56-20-18-19-47-36(50)21-27(2)3/h27-35,37-41,43,51,53-54H,17-26H2,1-16H3,(H,47,50)/t28-,29?,30?,31+,32?,33?,34?,35-,37+,38+,39-,40?,41-,43?,44?,45?,46?/m1/s1. The van der Waals surface area contributed by atoms with E-state index >= 15 is 0 Å². The minimum atomic E-state index is -1.78. The highest BCUT2D eigenvalue weighted by molar-refractivity contribution is 5.76. The van der Waals surface area contributed by atoms with Gasteiger partial charge in [-0.2, -0.15) is 0 Å². The molecule has 4 N–H and O–H groups in total. The van der Waals surface area contributed by atoms with E-state index in [-0.39, 0.29) is 48.8 Å². The molecule has 15 nitrogen and oxygen atoms in total. The molecule has 358 valence electrons. The molecule has 3 aliphatic rings. The predicted molar refractivity (Wildman–Crippen MR) is 234 cm³/mol. The van der Waals surface area contributed by atoms with E-state index in [0.717, 1.165) is 0 Å². The number of cyclic esters (lactones) is 1. The molecule has 0 aromatic carbocycles. The third-order valence-corrected chi connectivity index (χ3v) is 13.4. The zero-order valence-corrected chi connectivity index (χ0v) is 40.6. The van der Waals surface area contributed by atoms with E-state index < -0.39 is 83.7 Å². The van der Waals surface area contributed by atoms with E-state index in [1.807, 2.05) is 88.4 Å². The minimum Gasteiger partial charge on any atom is -0.459 e. The van der Waals surface area contributed by atoms with Crippen LogP contribution < -0.4 is 5.32 Å². The van der Waals surface area contributed by atoms with Crippen LogP contribution in [0.4, 0.5) is 0 Å². The Morgan fingerprint density at radius 2 is 1.64 bits per heavy atom. The van der Waals surface area contributed by atoms with Crippen molar-refractivity contribution in [3.63, 3.8) is 0 Å². The monoisotopic (exact) mass is 874 g/mol. The fourth-order valence-electron chi connectivity index (χ4n) is 9.92. The van der Waals surface area contributed by atoms with Crippen LogP contribution in [-0.2, 0) is 42.7 Å². The van der Waals surface area contributed by atoms with Crippen LogP contribution in [0.2, 0.25) is 0 Å². The molecule has 0 saturated carbocycles. The molecule has 61 heavy (non-hydrogen) atoms. The number of amides is 1. The summed E-state index contributed by atoms with van der Waals surface area (Å²) in [5.74, 6) is -2.11. The topological polar surface area (TPSA) is 178 Å². The van der Waals surface area contributed by atoms with Crippen LogP contribution >= 0.6 is 0 Å². The Morgan fingerprint density at radius 1 is 0.984 bits per heavy atom. The molecule has 3 rings (SSSR count). The van der Waals surface area contributed by atoms with Gasteiger partial charge >= 0.3 is 5.97 Å². The number of carbonyl (C=O) groups excluding carboxylic acids is 2. The molecule has 0 aliphatic carbocycles. The van der Waals surface area contributed by atoms with Crippen molar-refractivity contribution in [2.45, 2.75) is 212 Å². The molecule has 0 radical (unpaired) electrons. The zero-order valence-electron chi connectivity index (χ0n) is 40.6. The Labute approximate surface area is 368 Å². The quantitative estimate of drug-likeness (QED) is 0.142. The number of aliphatic hydroxyl groups is 3. The third kappa shape index (κ3) is 14.8. The average molecular weight is 874 g/mol. The van der Waals surface area contributed by atoms with Gasteiger partial charge in [0.05, 0.1) is 41.5 Å². The first-order valence-corrected chi connectivity index (χ1v) is 23.0. The molecule has 0 bridgehead atoms. The summed E-state index contributed by atoms with van der Waals surface area (Å²) in [5, 5.41) is 39.3. The molecule has 17 atom stereocenters. The van der Waals surface area contributed by atoms with E-state index in [9.17, 15) is 24.9 Å². The van der Waals surface area contributed by atoms with Gasteiger partial charge in [0.2, 0.25) is 5.91 Å². The number of carbonyl (C=O) groups is 2. The first kappa shape index (κ1) is 53.8. The molecule has 10 unspecified atom stereocenters. The van der Waals surface area contributed by atoms with E-state index in [1.54, 1.807) is 21.0 Å². The summed E-state index contributed by atoms with van der Waals surface area (Å²) in [7, 11) is 7.54. The van der Waals surface area contributed by atoms with Crippen LogP contribution in [0, 0.1) is 23.7 Å². The van der Waals surface area contributed by atoms with E-state index in [4.69, 9.17) is 33.2 Å². The Hall–Kier alpha value is -1.50. The van der Waals surface area contributed by atoms with Gasteiger partial charge in [0.15, 0.2) is 12.6 Å². The first-order valence-electron chi connectivity index (χ1n) is 23.0. The van der Waals surface area contributed by atoms with Crippen molar-refractivity contribution >= 4 is 11.9 Å². The highest BCUT2D eigenvalue weighted by Gasteiger charge is 2.52. The number of nitrogens with one attached hydrogen (secondary N) is 1. The van der Waals surface area contributed by atoms with Crippen LogP contribution in [0.25, 0.3) is 0 Å². The third-order valence-electron chi connectivity index (χ3n) is 13.4. The number of rotatable bonds is 14. The molecule has 0 aromatic rings. The van der Waals surface area contributed by atoms with Gasteiger partial charge in [-0.3, -0.25) is 9.59 Å². The second-order valence-electron chi connectivity index (χ2n) is 20.3. The lowest BCUT2D eigenvalue weighted by atomic mass is 9.77. The van der Waals surface area contributed by atoms with Gasteiger partial charge in [0.25, 0.3) is 0 Å². The molecule has 0 spiro atoms. The van der Waals surface area contributed by atoms with Crippen LogP contribution in [0.5, 0.6) is 0 Å². The van der Waals surface area contributed by atoms with Gasteiger partial charge in [-0.1, -0.05) is 34.6 Å². The van der Waals surface area contributed by atoms with Crippen LogP contribution in [-0.4, -0.2) is 169 Å². The summed E-state index contributed by atoms with van der Waals surface area (Å²) in [6.07, 6.45) is -3.61. The second-order valence-corrected chi connectivity index (χ2v) is 20.3. The average Bonchev–Trinajstić information content (AvgIpc) is 3.15. The minimum absolute atomic E-state index is 0.00865. The lowest BCUT2D eigenvalue weighted by Crippen LogP contribution is -2.60. The molecule has 3 aliphatic heterocycles. The van der Waals surface area contributed by atoms with Gasteiger partial charge in [0.1, 0.15) is 23.9 Å². The van der Waals surface area contributed by atoms with Gasteiger partial charge in [-0.15, -0.1) is 0 Å². The molecule has 15 heteroatoms. The number of hydrogen-bond donors (Lipinski definition) is 4. The maximum absolute atomic E-state index is 14.4. The maximum Gasteiger partial charge on any atom is 0.311 e. The fraction of sp³-hybridized carbons (Fsp3) is 0.957. The number of nitrogens with zero attached hydrogens (tertiary/aromatic N) is 2. The smallest absolute Gasteiger partial charge is 0.311 e. The van der Waals surface area contributed by atoms with E-state index in [1.165, 1.54) is 6.92 Å². The highest BCUT2D eigenvalue weighted by atomic mass is 16.7. The number of ether oxygens (including phenoxy) is 7. The zero-order chi connectivity index (χ0) is 46.2. The molecular weight excluding hydrogens is 787 g/mol. The molecule has 3 heterocycles. The molecule has 0 aromatic heterocycles. The number of likely N-dealkylation sites (N-methyl/N-ethyl adjacent to an activating group) is 2. The fourth-order valence-corrected chi connectivity index (χ4v) is 9.92. The maximum atomic E-state index is 14.4. The molecule has 3 fully saturated rings. The van der Waals surface area contributed by atoms with Crippen molar-refractivity contribution in [1.82, 2.24) is 15.1 Å². The number of hydrogen-bond acceptors (Lipinski definition) is 14. The summed E-state index contributed by atoms with van der Waals surface area (Å²) in [6.45, 7) is 23.9. The lowest BCUT2D eigenvalue weighted by Gasteiger charge is -2.49. The lowest BCUT2D eigenvalue weighted by molar-refractivity contribution is -0.315. The number of methoxy groups -OCH3 is 1. The van der Waals surface area contributed by atoms with Gasteiger partial charge in [0, 0.05) is 64.1 Å². The Bertz CT molecular complexity index is 1350. The first-order chi connectivity index (χ1) is 28.3. The van der Waals surface area contributed by atoms with Crippen molar-refractivity contribution in [1.29, 1.82) is 0 Å². The van der Waals surface area contributed by atoms with Crippen molar-refractivity contribution in [3.8, 4) is 0 Å². The predicted octanol–water partition coefficient (Wildman–Crippen LogP) is 4.51. The van der Waals surface area contributed by atoms with Crippen molar-refractivity contribution in [2.24, 2.45) is 23.7 Å². The van der Waals surface area contributed by atoms with Gasteiger partial charge in [-0.05, 0) is 107 Å². The summed E-state index contributed by atoms with van der Waals surface area (Å²) in [5.41, 5.74) is -3.85. The summed E-state index contributed by atoms with van der Waals surface area (Å²) >= 11 is 0. The van der Waals surface area contributed by atoms with Crippen molar-refractivity contribution < 1.29 is 58.1 Å². The Balaban J connectivity index is 2.13. The summed E-state index contributed by atoms with van der Waals surface area (Å²) in [6, 6.07) is -0.627. The summed E-state index contributed by atoms with van der Waals surface area (Å²) < 4.78 is 45.7. The Morgan fingerprint density at radius 3 is 2.23 bits per heavy atom. The number of esters is 1. The van der Waals surface area contributed by atoms with Gasteiger partial charge < -0.3 is 63.6 Å². The SMILES string of the molecule is CC[C@H]1OC(=O)C(C)[C@@H](O[C@H]2CC(C)(OC)CC(C)O2)[C@H](C)[C@@H](OC2OC(C)CC(N(C)C)[C@H]2OCCCNC(=O)CC(C)C)C(C)(O)C[C@@H](C)CN(C)C(C)C(O)C1(C)O.